The number of aliphatic carboxylic acids is 2. The number of aromatic nitrogens is 4. The van der Waals surface area contributed by atoms with E-state index < -0.39 is 31.5 Å². The lowest BCUT2D eigenvalue weighted by Gasteiger charge is -2.25. The Morgan fingerprint density at radius 2 is 1.68 bits per heavy atom. The van der Waals surface area contributed by atoms with Gasteiger partial charge in [-0.15, -0.1) is 0 Å². The molecule has 2 aromatic heterocycles. The average molecular weight is 593 g/mol. The molecule has 0 aliphatic heterocycles. The molecule has 5 N–H and O–H groups in total. The van der Waals surface area contributed by atoms with Gasteiger partial charge in [0, 0.05) is 12.2 Å². The number of esters is 1. The van der Waals surface area contributed by atoms with Crippen LogP contribution in [0.4, 0.5) is 5.82 Å². The summed E-state index contributed by atoms with van der Waals surface area (Å²) in [6.45, 7) is 7.25. The van der Waals surface area contributed by atoms with Gasteiger partial charge in [-0.05, 0) is 39.8 Å². The minimum Gasteiger partial charge on any atom is -0.478 e. The van der Waals surface area contributed by atoms with Crippen LogP contribution < -0.4 is 15.3 Å². The van der Waals surface area contributed by atoms with Crippen LogP contribution in [0.25, 0.3) is 11.2 Å². The number of hydrogen-bond acceptors (Lipinski definition) is 11. The first-order chi connectivity index (χ1) is 19.3. The lowest BCUT2D eigenvalue weighted by atomic mass is 10.3. The van der Waals surface area contributed by atoms with Crippen LogP contribution >= 0.6 is 7.52 Å². The zero-order valence-corrected chi connectivity index (χ0v) is 23.8. The molecule has 0 aliphatic rings. The van der Waals surface area contributed by atoms with E-state index in [0.717, 1.165) is 0 Å². The summed E-state index contributed by atoms with van der Waals surface area (Å²) in [5.74, 6) is -2.36. The molecule has 1 aromatic carbocycles. The Morgan fingerprint density at radius 1 is 1.05 bits per heavy atom. The first kappa shape index (κ1) is 32.9. The number of carboxylic acid groups (broad SMARTS) is 2. The molecule has 0 radical (unpaired) electrons. The molecule has 3 aromatic rings. The fraction of sp³-hybridized carbons (Fsp3) is 0.360. The van der Waals surface area contributed by atoms with Crippen LogP contribution in [0.3, 0.4) is 0 Å². The smallest absolute Gasteiger partial charge is 0.342 e. The minimum atomic E-state index is -3.64. The van der Waals surface area contributed by atoms with Crippen LogP contribution in [0, 0.1) is 0 Å². The molecule has 1 unspecified atom stereocenters. The largest absolute Gasteiger partial charge is 0.478 e. The summed E-state index contributed by atoms with van der Waals surface area (Å²) in [7, 11) is -3.64. The van der Waals surface area contributed by atoms with E-state index in [1.165, 1.54) is 6.33 Å². The van der Waals surface area contributed by atoms with Crippen molar-refractivity contribution in [2.24, 2.45) is 0 Å². The second kappa shape index (κ2) is 15.5. The van der Waals surface area contributed by atoms with Gasteiger partial charge < -0.3 is 34.5 Å². The number of rotatable bonds is 13. The van der Waals surface area contributed by atoms with Gasteiger partial charge in [-0.25, -0.2) is 29.6 Å². The van der Waals surface area contributed by atoms with Crippen molar-refractivity contribution in [3.8, 4) is 5.75 Å². The van der Waals surface area contributed by atoms with E-state index in [2.05, 4.69) is 20.0 Å². The maximum atomic E-state index is 13.6. The van der Waals surface area contributed by atoms with Crippen molar-refractivity contribution >= 4 is 42.4 Å². The zero-order chi connectivity index (χ0) is 30.6. The summed E-state index contributed by atoms with van der Waals surface area (Å²) < 4.78 is 32.2. The number of nitrogens with two attached hydrogens (primary N) is 1. The van der Waals surface area contributed by atoms with Crippen LogP contribution in [0.15, 0.2) is 55.1 Å². The Kier molecular flexibility index (Phi) is 12.4. The molecule has 0 fully saturated rings. The fourth-order valence-corrected chi connectivity index (χ4v) is 4.94. The number of carbonyl (C=O) groups excluding carboxylic acids is 1. The topological polar surface area (TPSA) is 218 Å². The number of nitrogens with zero attached hydrogens (tertiary/aromatic N) is 4. The Labute approximate surface area is 235 Å². The Morgan fingerprint density at radius 3 is 2.27 bits per heavy atom. The van der Waals surface area contributed by atoms with E-state index in [1.807, 2.05) is 13.0 Å². The fourth-order valence-electron chi connectivity index (χ4n) is 3.15. The molecule has 3 rings (SSSR count). The number of hydrogen-bond donors (Lipinski definition) is 4. The quantitative estimate of drug-likeness (QED) is 0.127. The molecule has 16 heteroatoms. The summed E-state index contributed by atoms with van der Waals surface area (Å²) >= 11 is 0. The number of carboxylic acids is 2. The van der Waals surface area contributed by atoms with Gasteiger partial charge in [0.2, 0.25) is 0 Å². The highest BCUT2D eigenvalue weighted by Crippen LogP contribution is 2.44. The molecule has 3 atom stereocenters. The predicted molar refractivity (Wildman–Crippen MR) is 148 cm³/mol. The molecule has 0 spiro atoms. The maximum absolute atomic E-state index is 13.6. The van der Waals surface area contributed by atoms with Gasteiger partial charge in [-0.1, -0.05) is 18.2 Å². The molecule has 15 nitrogen and oxygen atoms in total. The standard InChI is InChI=1S/C21H29N6O5P.C4H4O4/c1-14(2)31-21(28)16(4)26-33(29,32-17-8-6-5-7-9-17)13-30-15(3)10-27-12-25-18-19(22)23-11-24-20(18)27;5-3(6)1-2-4(7)8/h5-9,11-12,14-16H,10,13H2,1-4H3,(H,26,29)(H2,22,23,24);1-2H,(H,5,6)(H,7,8)/t15?,16-,33+;/m0./s1. The van der Waals surface area contributed by atoms with Crippen molar-refractivity contribution < 1.29 is 43.2 Å². The molecule has 41 heavy (non-hydrogen) atoms. The summed E-state index contributed by atoms with van der Waals surface area (Å²) in [5.41, 5.74) is 6.91. The third kappa shape index (κ3) is 11.4. The van der Waals surface area contributed by atoms with Gasteiger partial charge >= 0.3 is 25.4 Å². The lowest BCUT2D eigenvalue weighted by molar-refractivity contribution is -0.149. The maximum Gasteiger partial charge on any atom is 0.342 e. The van der Waals surface area contributed by atoms with Crippen molar-refractivity contribution in [1.29, 1.82) is 0 Å². The molecule has 0 saturated carbocycles. The number of fused-ring (bicyclic) bond motifs is 1. The van der Waals surface area contributed by atoms with Gasteiger partial charge in [0.1, 0.15) is 30.0 Å². The Hall–Kier alpha value is -4.33. The van der Waals surface area contributed by atoms with E-state index in [4.69, 9.17) is 29.9 Å². The molecular formula is C25H33N6O9P. The molecule has 2 heterocycles. The number of benzene rings is 1. The summed E-state index contributed by atoms with van der Waals surface area (Å²) in [5, 5.41) is 18.4. The van der Waals surface area contributed by atoms with E-state index in [9.17, 15) is 18.9 Å². The molecule has 0 saturated heterocycles. The van der Waals surface area contributed by atoms with Crippen molar-refractivity contribution in [1.82, 2.24) is 24.6 Å². The predicted octanol–water partition coefficient (Wildman–Crippen LogP) is 2.68. The number of carbonyl (C=O) groups is 3. The third-order valence-corrected chi connectivity index (χ3v) is 6.65. The number of para-hydroxylation sites is 1. The normalized spacial score (nSPS) is 14.1. The summed E-state index contributed by atoms with van der Waals surface area (Å²) in [4.78, 5) is 43.7. The van der Waals surface area contributed by atoms with E-state index in [-0.39, 0.29) is 18.6 Å². The SMILES string of the molecule is CC(C)OC(=O)[C@H](C)N[P@@](=O)(COC(C)Cn1cnc2c(N)ncnc21)Oc1ccccc1.O=C(O)C=CC(=O)O. The average Bonchev–Trinajstić information content (AvgIpc) is 3.30. The molecule has 222 valence electrons. The second-order valence-electron chi connectivity index (χ2n) is 8.86. The zero-order valence-electron chi connectivity index (χ0n) is 22.9. The van der Waals surface area contributed by atoms with Gasteiger partial charge in [0.05, 0.1) is 25.1 Å². The molecular weight excluding hydrogens is 559 g/mol. The van der Waals surface area contributed by atoms with Crippen molar-refractivity contribution in [3.63, 3.8) is 0 Å². The van der Waals surface area contributed by atoms with Crippen LogP contribution in [-0.4, -0.2) is 72.2 Å². The summed E-state index contributed by atoms with van der Waals surface area (Å²) in [6, 6.07) is 7.83. The number of nitrogen functional groups attached to an aromatic ring is 1. The van der Waals surface area contributed by atoms with Gasteiger partial charge in [0.15, 0.2) is 11.5 Å². The van der Waals surface area contributed by atoms with Crippen molar-refractivity contribution in [2.75, 3.05) is 12.1 Å². The van der Waals surface area contributed by atoms with Gasteiger partial charge in [-0.2, -0.15) is 0 Å². The first-order valence-electron chi connectivity index (χ1n) is 12.3. The van der Waals surface area contributed by atoms with Gasteiger partial charge in [-0.3, -0.25) is 9.36 Å². The molecule has 0 aliphatic carbocycles. The highest BCUT2D eigenvalue weighted by molar-refractivity contribution is 7.57. The van der Waals surface area contributed by atoms with Crippen LogP contribution in [0.5, 0.6) is 5.75 Å². The monoisotopic (exact) mass is 592 g/mol. The van der Waals surface area contributed by atoms with Crippen LogP contribution in [0.2, 0.25) is 0 Å². The second-order valence-corrected chi connectivity index (χ2v) is 10.9. The van der Waals surface area contributed by atoms with Crippen LogP contribution in [0.1, 0.15) is 27.7 Å². The molecule has 0 amide bonds. The molecule has 0 bridgehead atoms. The van der Waals surface area contributed by atoms with E-state index >= 15 is 0 Å². The van der Waals surface area contributed by atoms with E-state index in [0.29, 0.717) is 41.4 Å². The Balaban J connectivity index is 0.000000642. The van der Waals surface area contributed by atoms with Crippen molar-refractivity contribution in [2.45, 2.75) is 52.5 Å². The summed E-state index contributed by atoms with van der Waals surface area (Å²) in [6.07, 6.45) is 3.13. The number of ether oxygens (including phenoxy) is 2. The van der Waals surface area contributed by atoms with Gasteiger partial charge in [0.25, 0.3) is 0 Å². The van der Waals surface area contributed by atoms with E-state index in [1.54, 1.807) is 55.9 Å². The number of nitrogens with one attached hydrogen (secondary N) is 1. The first-order valence-corrected chi connectivity index (χ1v) is 14.1. The van der Waals surface area contributed by atoms with Crippen LogP contribution in [-0.2, 0) is 35.0 Å². The third-order valence-electron chi connectivity index (χ3n) is 4.87. The Bertz CT molecular complexity index is 1380. The number of anilines is 1. The highest BCUT2D eigenvalue weighted by atomic mass is 31.2. The van der Waals surface area contributed by atoms with Crippen molar-refractivity contribution in [3.05, 3.63) is 55.1 Å². The number of imidazole rings is 1. The minimum absolute atomic E-state index is 0.272. The highest BCUT2D eigenvalue weighted by Gasteiger charge is 2.32. The lowest BCUT2D eigenvalue weighted by Crippen LogP contribution is -2.37.